The molecule has 1 rings (SSSR count). The lowest BCUT2D eigenvalue weighted by Gasteiger charge is -2.08. The molecule has 0 spiro atoms. The molecule has 1 aromatic rings. The summed E-state index contributed by atoms with van der Waals surface area (Å²) in [5.74, 6) is 0.656. The van der Waals surface area contributed by atoms with Crippen LogP contribution in [0.15, 0.2) is 18.2 Å². The molecule has 15 heavy (non-hydrogen) atoms. The molecule has 0 saturated heterocycles. The third-order valence-corrected chi connectivity index (χ3v) is 2.79. The zero-order valence-electron chi connectivity index (χ0n) is 8.42. The van der Waals surface area contributed by atoms with Gasteiger partial charge in [-0.2, -0.15) is 11.8 Å². The minimum atomic E-state index is -0.216. The van der Waals surface area contributed by atoms with Crippen LogP contribution >= 0.6 is 23.4 Å². The third kappa shape index (κ3) is 3.32. The van der Waals surface area contributed by atoms with Crippen molar-refractivity contribution in [3.8, 4) is 0 Å². The van der Waals surface area contributed by atoms with Gasteiger partial charge in [0.25, 0.3) is 5.91 Å². The van der Waals surface area contributed by atoms with Crippen molar-refractivity contribution >= 4 is 35.0 Å². The van der Waals surface area contributed by atoms with Crippen molar-refractivity contribution in [1.29, 1.82) is 0 Å². The Balaban J connectivity index is 2.73. The fraction of sp³-hybridized carbons (Fsp3) is 0.300. The largest absolute Gasteiger partial charge is 0.398 e. The van der Waals surface area contributed by atoms with Crippen molar-refractivity contribution in [2.24, 2.45) is 0 Å². The van der Waals surface area contributed by atoms with Crippen LogP contribution in [0.1, 0.15) is 10.4 Å². The van der Waals surface area contributed by atoms with Crippen LogP contribution in [0.25, 0.3) is 0 Å². The second-order valence-corrected chi connectivity index (χ2v) is 4.35. The number of nitrogens with two attached hydrogens (primary N) is 1. The molecule has 82 valence electrons. The lowest BCUT2D eigenvalue weighted by Crippen LogP contribution is -2.26. The van der Waals surface area contributed by atoms with Gasteiger partial charge in [-0.05, 0) is 18.4 Å². The second kappa shape index (κ2) is 5.88. The first-order chi connectivity index (χ1) is 7.16. The van der Waals surface area contributed by atoms with E-state index in [1.54, 1.807) is 30.0 Å². The first kappa shape index (κ1) is 12.2. The number of benzene rings is 1. The molecule has 3 nitrogen and oxygen atoms in total. The fourth-order valence-electron chi connectivity index (χ4n) is 1.14. The van der Waals surface area contributed by atoms with E-state index in [1.165, 1.54) is 0 Å². The predicted molar refractivity (Wildman–Crippen MR) is 66.6 cm³/mol. The lowest BCUT2D eigenvalue weighted by molar-refractivity contribution is 0.0957. The molecule has 1 aromatic carbocycles. The fourth-order valence-corrected chi connectivity index (χ4v) is 1.71. The minimum absolute atomic E-state index is 0.216. The number of carbonyl (C=O) groups is 1. The first-order valence-electron chi connectivity index (χ1n) is 4.48. The van der Waals surface area contributed by atoms with Crippen molar-refractivity contribution in [3.05, 3.63) is 28.8 Å². The first-order valence-corrected chi connectivity index (χ1v) is 6.25. The van der Waals surface area contributed by atoms with Crippen molar-refractivity contribution in [2.45, 2.75) is 0 Å². The van der Waals surface area contributed by atoms with E-state index < -0.39 is 0 Å². The van der Waals surface area contributed by atoms with Gasteiger partial charge in [0, 0.05) is 18.0 Å². The molecule has 0 aromatic heterocycles. The molecular weight excluding hydrogens is 232 g/mol. The summed E-state index contributed by atoms with van der Waals surface area (Å²) in [5, 5.41) is 3.14. The molecule has 0 saturated carbocycles. The number of nitrogens with one attached hydrogen (secondary N) is 1. The molecule has 0 heterocycles. The van der Waals surface area contributed by atoms with Gasteiger partial charge in [-0.1, -0.05) is 17.7 Å². The Bertz CT molecular complexity index is 337. The molecular formula is C10H13ClN2OS. The standard InChI is InChI=1S/C10H13ClN2OS/c1-15-6-5-13-10(14)9-7(11)3-2-4-8(9)12/h2-4H,5-6,12H2,1H3,(H,13,14). The number of carbonyl (C=O) groups excluding carboxylic acids is 1. The van der Waals surface area contributed by atoms with Crippen molar-refractivity contribution in [2.75, 3.05) is 24.3 Å². The number of anilines is 1. The van der Waals surface area contributed by atoms with Crippen LogP contribution in [0.2, 0.25) is 5.02 Å². The molecule has 0 unspecified atom stereocenters. The van der Waals surface area contributed by atoms with Gasteiger partial charge in [0.1, 0.15) is 0 Å². The molecule has 5 heteroatoms. The van der Waals surface area contributed by atoms with Gasteiger partial charge in [0.15, 0.2) is 0 Å². The molecule has 0 atom stereocenters. The highest BCUT2D eigenvalue weighted by Gasteiger charge is 2.12. The summed E-state index contributed by atoms with van der Waals surface area (Å²) in [7, 11) is 0. The number of rotatable bonds is 4. The summed E-state index contributed by atoms with van der Waals surface area (Å²) < 4.78 is 0. The van der Waals surface area contributed by atoms with Crippen LogP contribution in [-0.2, 0) is 0 Å². The molecule has 0 aliphatic carbocycles. The number of thioether (sulfide) groups is 1. The monoisotopic (exact) mass is 244 g/mol. The Morgan fingerprint density at radius 3 is 2.93 bits per heavy atom. The lowest BCUT2D eigenvalue weighted by atomic mass is 10.1. The topological polar surface area (TPSA) is 55.1 Å². The third-order valence-electron chi connectivity index (χ3n) is 1.86. The average molecular weight is 245 g/mol. The summed E-state index contributed by atoms with van der Waals surface area (Å²) >= 11 is 7.56. The Kier molecular flexibility index (Phi) is 4.78. The maximum absolute atomic E-state index is 11.7. The average Bonchev–Trinajstić information content (AvgIpc) is 2.18. The minimum Gasteiger partial charge on any atom is -0.398 e. The summed E-state index contributed by atoms with van der Waals surface area (Å²) in [4.78, 5) is 11.7. The highest BCUT2D eigenvalue weighted by molar-refractivity contribution is 7.98. The van der Waals surface area contributed by atoms with E-state index in [4.69, 9.17) is 17.3 Å². The van der Waals surface area contributed by atoms with Crippen LogP contribution in [0.3, 0.4) is 0 Å². The van der Waals surface area contributed by atoms with Crippen LogP contribution in [0.4, 0.5) is 5.69 Å². The second-order valence-electron chi connectivity index (χ2n) is 2.95. The highest BCUT2D eigenvalue weighted by Crippen LogP contribution is 2.21. The number of amides is 1. The van der Waals surface area contributed by atoms with Gasteiger partial charge in [-0.15, -0.1) is 0 Å². The molecule has 0 bridgehead atoms. The van der Waals surface area contributed by atoms with E-state index in [9.17, 15) is 4.79 Å². The molecule has 0 fully saturated rings. The van der Waals surface area contributed by atoms with Gasteiger partial charge in [-0.3, -0.25) is 4.79 Å². The zero-order valence-corrected chi connectivity index (χ0v) is 9.99. The van der Waals surface area contributed by atoms with Gasteiger partial charge in [-0.25, -0.2) is 0 Å². The number of nitrogen functional groups attached to an aromatic ring is 1. The van der Waals surface area contributed by atoms with Crippen LogP contribution in [-0.4, -0.2) is 24.5 Å². The van der Waals surface area contributed by atoms with E-state index in [1.807, 2.05) is 6.26 Å². The maximum Gasteiger partial charge on any atom is 0.254 e. The summed E-state index contributed by atoms with van der Waals surface area (Å²) in [6.07, 6.45) is 1.98. The Morgan fingerprint density at radius 1 is 1.60 bits per heavy atom. The van der Waals surface area contributed by atoms with Gasteiger partial charge < -0.3 is 11.1 Å². The molecule has 3 N–H and O–H groups in total. The van der Waals surface area contributed by atoms with Gasteiger partial charge in [0.05, 0.1) is 10.6 Å². The maximum atomic E-state index is 11.7. The smallest absolute Gasteiger partial charge is 0.254 e. The van der Waals surface area contributed by atoms with Crippen molar-refractivity contribution in [3.63, 3.8) is 0 Å². The zero-order chi connectivity index (χ0) is 11.3. The van der Waals surface area contributed by atoms with E-state index in [0.29, 0.717) is 22.8 Å². The summed E-state index contributed by atoms with van der Waals surface area (Å²) in [6.45, 7) is 0.616. The number of halogens is 1. The summed E-state index contributed by atoms with van der Waals surface area (Å²) in [6, 6.07) is 5.03. The Morgan fingerprint density at radius 2 is 2.33 bits per heavy atom. The van der Waals surface area contributed by atoms with Crippen LogP contribution in [0.5, 0.6) is 0 Å². The van der Waals surface area contributed by atoms with E-state index >= 15 is 0 Å². The van der Waals surface area contributed by atoms with Gasteiger partial charge >= 0.3 is 0 Å². The Labute approximate surface area is 98.4 Å². The normalized spacial score (nSPS) is 10.0. The van der Waals surface area contributed by atoms with Crippen molar-refractivity contribution in [1.82, 2.24) is 5.32 Å². The van der Waals surface area contributed by atoms with Crippen molar-refractivity contribution < 1.29 is 4.79 Å². The molecule has 0 aliphatic heterocycles. The van der Waals surface area contributed by atoms with E-state index in [2.05, 4.69) is 5.32 Å². The Hall–Kier alpha value is -0.870. The molecule has 0 radical (unpaired) electrons. The van der Waals surface area contributed by atoms with Gasteiger partial charge in [0.2, 0.25) is 0 Å². The quantitative estimate of drug-likeness (QED) is 0.629. The van der Waals surface area contributed by atoms with Crippen LogP contribution < -0.4 is 11.1 Å². The van der Waals surface area contributed by atoms with E-state index in [-0.39, 0.29) is 5.91 Å². The predicted octanol–water partition coefficient (Wildman–Crippen LogP) is 2.01. The SMILES string of the molecule is CSCCNC(=O)c1c(N)cccc1Cl. The molecule has 1 amide bonds. The number of hydrogen-bond donors (Lipinski definition) is 2. The molecule has 0 aliphatic rings. The van der Waals surface area contributed by atoms with E-state index in [0.717, 1.165) is 5.75 Å². The number of hydrogen-bond acceptors (Lipinski definition) is 3. The summed E-state index contributed by atoms with van der Waals surface area (Å²) in [5.41, 5.74) is 6.44. The highest BCUT2D eigenvalue weighted by atomic mass is 35.5. The van der Waals surface area contributed by atoms with Crippen LogP contribution in [0, 0.1) is 0 Å².